The van der Waals surface area contributed by atoms with Crippen LogP contribution in [0.25, 0.3) is 0 Å². The minimum absolute atomic E-state index is 0.123. The first-order valence-corrected chi connectivity index (χ1v) is 5.96. The number of rotatable bonds is 5. The first-order chi connectivity index (χ1) is 7.34. The van der Waals surface area contributed by atoms with Crippen molar-refractivity contribution in [3.8, 4) is 0 Å². The van der Waals surface area contributed by atoms with E-state index in [1.165, 1.54) is 6.42 Å². The Morgan fingerprint density at radius 3 is 2.73 bits per heavy atom. The molecule has 4 heteroatoms. The maximum Gasteiger partial charge on any atom is 0.234 e. The lowest BCUT2D eigenvalue weighted by molar-refractivity contribution is -0.121. The van der Waals surface area contributed by atoms with Gasteiger partial charge < -0.3 is 15.4 Å². The highest BCUT2D eigenvalue weighted by molar-refractivity contribution is 5.78. The lowest BCUT2D eigenvalue weighted by Crippen LogP contribution is -2.44. The lowest BCUT2D eigenvalue weighted by atomic mass is 9.93. The molecule has 1 atom stereocenters. The van der Waals surface area contributed by atoms with Gasteiger partial charge in [0, 0.05) is 19.2 Å². The van der Waals surface area contributed by atoms with Crippen LogP contribution in [0, 0.1) is 0 Å². The molecule has 1 amide bonds. The van der Waals surface area contributed by atoms with Crippen molar-refractivity contribution in [3.63, 3.8) is 0 Å². The quantitative estimate of drug-likeness (QED) is 0.694. The summed E-state index contributed by atoms with van der Waals surface area (Å²) in [6.07, 6.45) is 6.16. The Kier molecular flexibility index (Phi) is 3.97. The fourth-order valence-electron chi connectivity index (χ4n) is 1.98. The fourth-order valence-corrected chi connectivity index (χ4v) is 1.98. The van der Waals surface area contributed by atoms with E-state index in [0.29, 0.717) is 18.7 Å². The Morgan fingerprint density at radius 2 is 2.13 bits per heavy atom. The summed E-state index contributed by atoms with van der Waals surface area (Å²) >= 11 is 0. The standard InChI is InChI=1S/C11H20N2O2/c14-11(13-9-3-1-4-9)8-12-7-10-5-2-6-15-10/h9-10,12H,1-8H2,(H,13,14). The Hall–Kier alpha value is -0.610. The second-order valence-corrected chi connectivity index (χ2v) is 4.46. The molecule has 2 rings (SSSR count). The van der Waals surface area contributed by atoms with E-state index < -0.39 is 0 Å². The van der Waals surface area contributed by atoms with Crippen molar-refractivity contribution >= 4 is 5.91 Å². The van der Waals surface area contributed by atoms with Crippen molar-refractivity contribution < 1.29 is 9.53 Å². The minimum atomic E-state index is 0.123. The van der Waals surface area contributed by atoms with Crippen LogP contribution in [0.1, 0.15) is 32.1 Å². The summed E-state index contributed by atoms with van der Waals surface area (Å²) in [4.78, 5) is 11.4. The normalized spacial score (nSPS) is 26.3. The molecule has 86 valence electrons. The van der Waals surface area contributed by atoms with Gasteiger partial charge in [0.25, 0.3) is 0 Å². The monoisotopic (exact) mass is 212 g/mol. The second kappa shape index (κ2) is 5.47. The van der Waals surface area contributed by atoms with Crippen LogP contribution < -0.4 is 10.6 Å². The van der Waals surface area contributed by atoms with Crippen molar-refractivity contribution in [2.75, 3.05) is 19.7 Å². The number of nitrogens with one attached hydrogen (secondary N) is 2. The maximum atomic E-state index is 11.4. The van der Waals surface area contributed by atoms with Gasteiger partial charge in [-0.3, -0.25) is 4.79 Å². The third-order valence-electron chi connectivity index (χ3n) is 3.15. The number of amides is 1. The number of carbonyl (C=O) groups is 1. The van der Waals surface area contributed by atoms with Gasteiger partial charge in [-0.2, -0.15) is 0 Å². The summed E-state index contributed by atoms with van der Waals surface area (Å²) in [6.45, 7) is 2.11. The molecule has 2 N–H and O–H groups in total. The highest BCUT2D eigenvalue weighted by Crippen LogP contribution is 2.17. The van der Waals surface area contributed by atoms with Gasteiger partial charge in [-0.15, -0.1) is 0 Å². The maximum absolute atomic E-state index is 11.4. The van der Waals surface area contributed by atoms with Crippen LogP contribution in [0.4, 0.5) is 0 Å². The van der Waals surface area contributed by atoms with E-state index in [0.717, 1.165) is 38.8 Å². The first-order valence-electron chi connectivity index (χ1n) is 5.96. The van der Waals surface area contributed by atoms with Crippen LogP contribution in [0.3, 0.4) is 0 Å². The zero-order chi connectivity index (χ0) is 10.5. The molecule has 4 nitrogen and oxygen atoms in total. The SMILES string of the molecule is O=C(CNCC1CCCO1)NC1CCC1. The Labute approximate surface area is 90.8 Å². The topological polar surface area (TPSA) is 50.4 Å². The van der Waals surface area contributed by atoms with Crippen LogP contribution in [-0.2, 0) is 9.53 Å². The van der Waals surface area contributed by atoms with Gasteiger partial charge in [0.05, 0.1) is 12.6 Å². The average Bonchev–Trinajstić information content (AvgIpc) is 2.64. The zero-order valence-electron chi connectivity index (χ0n) is 9.13. The van der Waals surface area contributed by atoms with Gasteiger partial charge in [-0.1, -0.05) is 0 Å². The highest BCUT2D eigenvalue weighted by Gasteiger charge is 2.19. The molecule has 2 fully saturated rings. The molecule has 1 saturated heterocycles. The van der Waals surface area contributed by atoms with Crippen LogP contribution in [0.5, 0.6) is 0 Å². The van der Waals surface area contributed by atoms with Crippen LogP contribution in [-0.4, -0.2) is 37.7 Å². The number of carbonyl (C=O) groups excluding carboxylic acids is 1. The molecule has 15 heavy (non-hydrogen) atoms. The molecule has 1 aliphatic heterocycles. The third kappa shape index (κ3) is 3.47. The number of hydrogen-bond acceptors (Lipinski definition) is 3. The van der Waals surface area contributed by atoms with E-state index in [9.17, 15) is 4.79 Å². The summed E-state index contributed by atoms with van der Waals surface area (Å²) < 4.78 is 5.45. The molecule has 2 aliphatic rings. The summed E-state index contributed by atoms with van der Waals surface area (Å²) in [5.41, 5.74) is 0. The summed E-state index contributed by atoms with van der Waals surface area (Å²) in [5.74, 6) is 0.123. The molecule has 0 aromatic heterocycles. The summed E-state index contributed by atoms with van der Waals surface area (Å²) in [5, 5.41) is 6.14. The van der Waals surface area contributed by atoms with Gasteiger partial charge in [-0.05, 0) is 32.1 Å². The second-order valence-electron chi connectivity index (χ2n) is 4.46. The van der Waals surface area contributed by atoms with Gasteiger partial charge in [0.1, 0.15) is 0 Å². The molecule has 1 saturated carbocycles. The van der Waals surface area contributed by atoms with Gasteiger partial charge in [0.15, 0.2) is 0 Å². The van der Waals surface area contributed by atoms with E-state index >= 15 is 0 Å². The average molecular weight is 212 g/mol. The lowest BCUT2D eigenvalue weighted by Gasteiger charge is -2.26. The molecule has 1 heterocycles. The molecule has 0 aromatic rings. The van der Waals surface area contributed by atoms with Crippen LogP contribution in [0.2, 0.25) is 0 Å². The Balaban J connectivity index is 1.50. The van der Waals surface area contributed by atoms with Crippen molar-refractivity contribution in [1.29, 1.82) is 0 Å². The van der Waals surface area contributed by atoms with Gasteiger partial charge in [-0.25, -0.2) is 0 Å². The molecule has 1 aliphatic carbocycles. The predicted octanol–water partition coefficient (Wildman–Crippen LogP) is 0.424. The number of ether oxygens (including phenoxy) is 1. The van der Waals surface area contributed by atoms with Crippen LogP contribution >= 0.6 is 0 Å². The fraction of sp³-hybridized carbons (Fsp3) is 0.909. The first kappa shape index (κ1) is 10.9. The molecular formula is C11H20N2O2. The smallest absolute Gasteiger partial charge is 0.234 e. The van der Waals surface area contributed by atoms with Crippen molar-refractivity contribution in [1.82, 2.24) is 10.6 Å². The van der Waals surface area contributed by atoms with Gasteiger partial charge >= 0.3 is 0 Å². The predicted molar refractivity (Wildman–Crippen MR) is 57.6 cm³/mol. The number of hydrogen-bond donors (Lipinski definition) is 2. The molecule has 1 unspecified atom stereocenters. The van der Waals surface area contributed by atoms with E-state index in [4.69, 9.17) is 4.74 Å². The van der Waals surface area contributed by atoms with E-state index in [2.05, 4.69) is 10.6 Å². The third-order valence-corrected chi connectivity index (χ3v) is 3.15. The summed E-state index contributed by atoms with van der Waals surface area (Å²) in [7, 11) is 0. The van der Waals surface area contributed by atoms with Crippen molar-refractivity contribution in [3.05, 3.63) is 0 Å². The zero-order valence-corrected chi connectivity index (χ0v) is 9.13. The molecule has 0 aromatic carbocycles. The van der Waals surface area contributed by atoms with Crippen LogP contribution in [0.15, 0.2) is 0 Å². The summed E-state index contributed by atoms with van der Waals surface area (Å²) in [6, 6.07) is 0.446. The molecule has 0 spiro atoms. The van der Waals surface area contributed by atoms with E-state index in [-0.39, 0.29) is 5.91 Å². The van der Waals surface area contributed by atoms with Gasteiger partial charge in [0.2, 0.25) is 5.91 Å². The van der Waals surface area contributed by atoms with E-state index in [1.807, 2.05) is 0 Å². The molecule has 0 bridgehead atoms. The highest BCUT2D eigenvalue weighted by atomic mass is 16.5. The molecular weight excluding hydrogens is 192 g/mol. The minimum Gasteiger partial charge on any atom is -0.377 e. The van der Waals surface area contributed by atoms with Crippen molar-refractivity contribution in [2.24, 2.45) is 0 Å². The van der Waals surface area contributed by atoms with E-state index in [1.54, 1.807) is 0 Å². The largest absolute Gasteiger partial charge is 0.377 e. The Morgan fingerprint density at radius 1 is 1.27 bits per heavy atom. The molecule has 0 radical (unpaired) electrons. The van der Waals surface area contributed by atoms with Crippen molar-refractivity contribution in [2.45, 2.75) is 44.2 Å². The Bertz CT molecular complexity index is 211.